The van der Waals surface area contributed by atoms with Crippen molar-refractivity contribution in [2.75, 3.05) is 40.5 Å². The number of rotatable bonds is 7. The highest BCUT2D eigenvalue weighted by atomic mass is 16.5. The zero-order valence-corrected chi connectivity index (χ0v) is 19.6. The van der Waals surface area contributed by atoms with Gasteiger partial charge in [0.2, 0.25) is 5.91 Å². The summed E-state index contributed by atoms with van der Waals surface area (Å²) in [6.45, 7) is 2.32. The Bertz CT molecular complexity index is 1160. The van der Waals surface area contributed by atoms with Crippen molar-refractivity contribution in [2.45, 2.75) is 0 Å². The fourth-order valence-electron chi connectivity index (χ4n) is 3.85. The Morgan fingerprint density at radius 3 is 2.21 bits per heavy atom. The first kappa shape index (κ1) is 23.3. The summed E-state index contributed by atoms with van der Waals surface area (Å²) in [7, 11) is 3.21. The van der Waals surface area contributed by atoms with Gasteiger partial charge in [0, 0.05) is 19.2 Å². The molecule has 174 valence electrons. The summed E-state index contributed by atoms with van der Waals surface area (Å²) < 4.78 is 16.2. The van der Waals surface area contributed by atoms with Gasteiger partial charge in [0.15, 0.2) is 11.5 Å². The van der Waals surface area contributed by atoms with Crippen LogP contribution in [0.2, 0.25) is 0 Å². The number of hydrogen-bond acceptors (Lipinski definition) is 4. The maximum absolute atomic E-state index is 13.0. The highest BCUT2D eigenvalue weighted by Gasteiger charge is 2.16. The van der Waals surface area contributed by atoms with E-state index in [1.807, 2.05) is 53.5 Å². The third-order valence-corrected chi connectivity index (χ3v) is 5.79. The molecule has 0 radical (unpaired) electrons. The minimum atomic E-state index is -0.0304. The second-order valence-electron chi connectivity index (χ2n) is 7.93. The third kappa shape index (κ3) is 5.74. The molecule has 0 aromatic heterocycles. The molecule has 34 heavy (non-hydrogen) atoms. The average molecular weight is 456 g/mol. The van der Waals surface area contributed by atoms with Crippen molar-refractivity contribution in [3.05, 3.63) is 96.1 Å². The van der Waals surface area contributed by atoms with Crippen molar-refractivity contribution in [1.82, 2.24) is 4.90 Å². The molecule has 0 saturated carbocycles. The lowest BCUT2D eigenvalue weighted by Crippen LogP contribution is -2.39. The molecule has 1 aliphatic rings. The molecular weight excluding hydrogens is 426 g/mol. The van der Waals surface area contributed by atoms with Crippen LogP contribution in [-0.2, 0) is 9.53 Å². The molecule has 3 aromatic carbocycles. The Morgan fingerprint density at radius 2 is 1.53 bits per heavy atom. The van der Waals surface area contributed by atoms with Gasteiger partial charge in [-0.15, -0.1) is 0 Å². The Hall–Kier alpha value is -3.83. The van der Waals surface area contributed by atoms with E-state index in [-0.39, 0.29) is 5.91 Å². The van der Waals surface area contributed by atoms with E-state index in [2.05, 4.69) is 36.4 Å². The molecule has 1 amide bonds. The van der Waals surface area contributed by atoms with Gasteiger partial charge < -0.3 is 19.1 Å². The van der Waals surface area contributed by atoms with Gasteiger partial charge in [0.25, 0.3) is 0 Å². The van der Waals surface area contributed by atoms with Crippen LogP contribution in [0.15, 0.2) is 84.9 Å². The molecule has 5 heteroatoms. The van der Waals surface area contributed by atoms with Crippen LogP contribution in [-0.4, -0.2) is 51.3 Å². The predicted octanol–water partition coefficient (Wildman–Crippen LogP) is 5.33. The van der Waals surface area contributed by atoms with Gasteiger partial charge in [-0.1, -0.05) is 72.8 Å². The molecule has 1 fully saturated rings. The second-order valence-corrected chi connectivity index (χ2v) is 7.93. The maximum Gasteiger partial charge on any atom is 0.247 e. The molecule has 1 aliphatic heterocycles. The van der Waals surface area contributed by atoms with Gasteiger partial charge in [-0.05, 0) is 40.0 Å². The number of allylic oxidation sites excluding steroid dienone is 2. The number of methoxy groups -OCH3 is 2. The smallest absolute Gasteiger partial charge is 0.247 e. The highest BCUT2D eigenvalue weighted by Crippen LogP contribution is 2.31. The van der Waals surface area contributed by atoms with E-state index in [0.29, 0.717) is 37.8 Å². The summed E-state index contributed by atoms with van der Waals surface area (Å²) in [6, 6.07) is 24.3. The number of ether oxygens (including phenoxy) is 3. The third-order valence-electron chi connectivity index (χ3n) is 5.79. The second kappa shape index (κ2) is 11.3. The number of carbonyl (C=O) groups is 1. The number of morpholine rings is 1. The highest BCUT2D eigenvalue weighted by molar-refractivity contribution is 5.98. The average Bonchev–Trinajstić information content (AvgIpc) is 2.91. The van der Waals surface area contributed by atoms with Crippen molar-refractivity contribution < 1.29 is 19.0 Å². The lowest BCUT2D eigenvalue weighted by Gasteiger charge is -2.26. The summed E-state index contributed by atoms with van der Waals surface area (Å²) in [6.07, 6.45) is 5.67. The fraction of sp³-hybridized carbons (Fsp3) is 0.207. The molecule has 0 unspecified atom stereocenters. The Labute approximate surface area is 200 Å². The van der Waals surface area contributed by atoms with E-state index < -0.39 is 0 Å². The Kier molecular flexibility index (Phi) is 7.79. The molecule has 3 aromatic rings. The van der Waals surface area contributed by atoms with Gasteiger partial charge >= 0.3 is 0 Å². The van der Waals surface area contributed by atoms with Crippen molar-refractivity contribution in [3.63, 3.8) is 0 Å². The molecule has 0 atom stereocenters. The summed E-state index contributed by atoms with van der Waals surface area (Å²) >= 11 is 0. The van der Waals surface area contributed by atoms with E-state index >= 15 is 0 Å². The summed E-state index contributed by atoms with van der Waals surface area (Å²) in [5, 5.41) is 0. The van der Waals surface area contributed by atoms with Crippen LogP contribution in [0.25, 0.3) is 22.8 Å². The number of amides is 1. The van der Waals surface area contributed by atoms with Crippen LogP contribution < -0.4 is 9.47 Å². The first-order valence-corrected chi connectivity index (χ1v) is 11.3. The normalized spacial score (nSPS) is 14.3. The van der Waals surface area contributed by atoms with E-state index in [4.69, 9.17) is 14.2 Å². The molecule has 5 nitrogen and oxygen atoms in total. The van der Waals surface area contributed by atoms with Gasteiger partial charge in [0.05, 0.1) is 27.4 Å². The number of hydrogen-bond donors (Lipinski definition) is 0. The molecule has 0 spiro atoms. The van der Waals surface area contributed by atoms with Crippen LogP contribution in [0.3, 0.4) is 0 Å². The van der Waals surface area contributed by atoms with E-state index in [0.717, 1.165) is 22.3 Å². The molecular formula is C29H29NO4. The Morgan fingerprint density at radius 1 is 0.853 bits per heavy atom. The van der Waals surface area contributed by atoms with Crippen LogP contribution in [0, 0.1) is 0 Å². The van der Waals surface area contributed by atoms with Gasteiger partial charge in [-0.2, -0.15) is 0 Å². The lowest BCUT2D eigenvalue weighted by atomic mass is 10.0. The number of carbonyl (C=O) groups excluding carboxylic acids is 1. The van der Waals surface area contributed by atoms with Crippen molar-refractivity contribution in [3.8, 4) is 22.6 Å². The molecule has 1 saturated heterocycles. The van der Waals surface area contributed by atoms with Crippen molar-refractivity contribution in [1.29, 1.82) is 0 Å². The zero-order chi connectivity index (χ0) is 23.8. The van der Waals surface area contributed by atoms with Gasteiger partial charge in [0.1, 0.15) is 0 Å². The predicted molar refractivity (Wildman–Crippen MR) is 136 cm³/mol. The van der Waals surface area contributed by atoms with Gasteiger partial charge in [-0.25, -0.2) is 0 Å². The van der Waals surface area contributed by atoms with E-state index in [1.165, 1.54) is 5.56 Å². The summed E-state index contributed by atoms with van der Waals surface area (Å²) in [5.41, 5.74) is 5.06. The number of nitrogens with zero attached hydrogens (tertiary/aromatic N) is 1. The quantitative estimate of drug-likeness (QED) is 0.357. The number of benzene rings is 3. The maximum atomic E-state index is 13.0. The van der Waals surface area contributed by atoms with Crippen LogP contribution >= 0.6 is 0 Å². The molecule has 0 N–H and O–H groups in total. The molecule has 4 rings (SSSR count). The van der Waals surface area contributed by atoms with Crippen LogP contribution in [0.4, 0.5) is 0 Å². The zero-order valence-electron chi connectivity index (χ0n) is 19.6. The standard InChI is InChI=1S/C29H29NO4/c1-32-27-15-14-25(20-28(27)33-2)26(21-29(31)30-16-18-34-19-17-30)13-10-22-8-11-24(12-9-22)23-6-4-3-5-7-23/h3-15,20-21H,16-19H2,1-2H3/b13-10+,26-21-. The lowest BCUT2D eigenvalue weighted by molar-refractivity contribution is -0.129. The Balaban J connectivity index is 1.63. The van der Waals surface area contributed by atoms with E-state index in [9.17, 15) is 4.79 Å². The van der Waals surface area contributed by atoms with Crippen molar-refractivity contribution >= 4 is 17.6 Å². The topological polar surface area (TPSA) is 48.0 Å². The van der Waals surface area contributed by atoms with Gasteiger partial charge in [-0.3, -0.25) is 4.79 Å². The first-order valence-electron chi connectivity index (χ1n) is 11.3. The largest absolute Gasteiger partial charge is 0.493 e. The van der Waals surface area contributed by atoms with Crippen LogP contribution in [0.5, 0.6) is 11.5 Å². The first-order chi connectivity index (χ1) is 16.7. The molecule has 0 bridgehead atoms. The van der Waals surface area contributed by atoms with Crippen LogP contribution in [0.1, 0.15) is 11.1 Å². The van der Waals surface area contributed by atoms with E-state index in [1.54, 1.807) is 20.3 Å². The van der Waals surface area contributed by atoms with Crippen molar-refractivity contribution in [2.24, 2.45) is 0 Å². The molecule has 1 heterocycles. The molecule has 0 aliphatic carbocycles. The minimum absolute atomic E-state index is 0.0304. The SMILES string of the molecule is COc1ccc(C(=C\C(=O)N2CCOCC2)/C=C/c2ccc(-c3ccccc3)cc2)cc1OC. The fourth-order valence-corrected chi connectivity index (χ4v) is 3.85. The minimum Gasteiger partial charge on any atom is -0.493 e. The monoisotopic (exact) mass is 455 g/mol. The summed E-state index contributed by atoms with van der Waals surface area (Å²) in [5.74, 6) is 1.23. The summed E-state index contributed by atoms with van der Waals surface area (Å²) in [4.78, 5) is 14.8.